The molecule has 10 heteroatoms. The summed E-state index contributed by atoms with van der Waals surface area (Å²) in [5, 5.41) is 5.56. The van der Waals surface area contributed by atoms with Crippen LogP contribution in [0.2, 0.25) is 0 Å². The molecule has 41 heavy (non-hydrogen) atoms. The zero-order chi connectivity index (χ0) is 29.4. The largest absolute Gasteiger partial charge is 0.366 e. The molecule has 0 spiro atoms. The van der Waals surface area contributed by atoms with E-state index in [-0.39, 0.29) is 28.2 Å². The third kappa shape index (κ3) is 7.31. The molecule has 10 nitrogen and oxygen atoms in total. The minimum atomic E-state index is -0.664. The Kier molecular flexibility index (Phi) is 9.39. The average Bonchev–Trinajstić information content (AvgIpc) is 2.98. The van der Waals surface area contributed by atoms with Gasteiger partial charge in [-0.05, 0) is 45.3 Å². The van der Waals surface area contributed by atoms with Crippen LogP contribution < -0.4 is 21.3 Å². The summed E-state index contributed by atoms with van der Waals surface area (Å²) in [6.45, 7) is 4.24. The monoisotopic (exact) mass is 551 g/mol. The lowest BCUT2D eigenvalue weighted by atomic mass is 10.1. The molecule has 0 radical (unpaired) electrons. The molecule has 0 saturated heterocycles. The van der Waals surface area contributed by atoms with Crippen molar-refractivity contribution in [2.45, 2.75) is 6.92 Å². The highest BCUT2D eigenvalue weighted by Gasteiger charge is 2.20. The Balaban J connectivity index is 1.65. The highest BCUT2D eigenvalue weighted by atomic mass is 16.2. The topological polar surface area (TPSA) is 134 Å². The van der Waals surface area contributed by atoms with Crippen LogP contribution in [0, 0.1) is 0 Å². The molecule has 0 fully saturated rings. The molecule has 3 aromatic carbocycles. The third-order valence-corrected chi connectivity index (χ3v) is 6.36. The number of carbonyl (C=O) groups is 3. The van der Waals surface area contributed by atoms with Gasteiger partial charge >= 0.3 is 0 Å². The maximum Gasteiger partial charge on any atom is 0.274 e. The minimum absolute atomic E-state index is 0.159. The van der Waals surface area contributed by atoms with E-state index >= 15 is 0 Å². The van der Waals surface area contributed by atoms with Crippen molar-refractivity contribution >= 4 is 34.9 Å². The zero-order valence-electron chi connectivity index (χ0n) is 23.3. The lowest BCUT2D eigenvalue weighted by Crippen LogP contribution is -2.32. The van der Waals surface area contributed by atoms with Gasteiger partial charge in [0.05, 0.1) is 22.5 Å². The minimum Gasteiger partial charge on any atom is -0.366 e. The van der Waals surface area contributed by atoms with Crippen LogP contribution in [-0.2, 0) is 0 Å². The number of benzene rings is 3. The molecule has 0 atom stereocenters. The maximum atomic E-state index is 13.6. The van der Waals surface area contributed by atoms with E-state index in [4.69, 9.17) is 10.7 Å². The molecule has 4 rings (SSSR count). The molecule has 0 aliphatic carbocycles. The number of para-hydroxylation sites is 2. The number of amides is 3. The number of hydrogen-bond acceptors (Lipinski definition) is 7. The number of hydrogen-bond donors (Lipinski definition) is 3. The Morgan fingerprint density at radius 3 is 1.98 bits per heavy atom. The van der Waals surface area contributed by atoms with E-state index in [0.29, 0.717) is 24.7 Å². The van der Waals surface area contributed by atoms with Crippen LogP contribution in [0.25, 0.3) is 11.4 Å². The number of nitrogens with zero attached hydrogens (tertiary/aromatic N) is 4. The summed E-state index contributed by atoms with van der Waals surface area (Å²) in [5.74, 6) is -0.618. The molecule has 0 bridgehead atoms. The van der Waals surface area contributed by atoms with Gasteiger partial charge in [0.15, 0.2) is 5.82 Å². The second kappa shape index (κ2) is 13.3. The Labute approximate surface area is 239 Å². The summed E-state index contributed by atoms with van der Waals surface area (Å²) in [5.41, 5.74) is 7.34. The van der Waals surface area contributed by atoms with E-state index in [9.17, 15) is 14.4 Å². The lowest BCUT2D eigenvalue weighted by molar-refractivity contribution is 0.0998. The van der Waals surface area contributed by atoms with Gasteiger partial charge in [-0.2, -0.15) is 0 Å². The van der Waals surface area contributed by atoms with Crippen LogP contribution >= 0.6 is 0 Å². The van der Waals surface area contributed by atoms with E-state index in [1.807, 2.05) is 51.4 Å². The van der Waals surface area contributed by atoms with Crippen molar-refractivity contribution in [1.29, 1.82) is 0 Å². The molecule has 1 aromatic heterocycles. The molecule has 0 aliphatic rings. The standard InChI is InChI=1S/C31H33N7O3/c1-4-38(19-18-37(2)3)27-20-26(33-29(36-27)21-12-6-5-7-13-21)31(41)35-25-17-11-9-15-23(25)30(40)34-24-16-10-8-14-22(24)28(32)39/h5-17,20H,4,18-19H2,1-3H3,(H2,32,39)(H,34,40)(H,35,41). The van der Waals surface area contributed by atoms with Crippen molar-refractivity contribution in [2.75, 3.05) is 49.3 Å². The molecule has 0 unspecified atom stereocenters. The van der Waals surface area contributed by atoms with Crippen LogP contribution in [0.4, 0.5) is 17.2 Å². The Bertz CT molecular complexity index is 1540. The summed E-state index contributed by atoms with van der Waals surface area (Å²) in [7, 11) is 4.00. The first-order valence-electron chi connectivity index (χ1n) is 13.2. The van der Waals surface area contributed by atoms with E-state index in [2.05, 4.69) is 25.4 Å². The molecule has 0 saturated carbocycles. The molecule has 4 aromatic rings. The van der Waals surface area contributed by atoms with Crippen molar-refractivity contribution in [3.63, 3.8) is 0 Å². The number of likely N-dealkylation sites (N-methyl/N-ethyl adjacent to an activating group) is 2. The molecule has 210 valence electrons. The van der Waals surface area contributed by atoms with Crippen LogP contribution in [0.3, 0.4) is 0 Å². The van der Waals surface area contributed by atoms with Crippen molar-refractivity contribution in [3.05, 3.63) is 102 Å². The number of carbonyl (C=O) groups excluding carboxylic acids is 3. The van der Waals surface area contributed by atoms with Crippen molar-refractivity contribution in [3.8, 4) is 11.4 Å². The number of rotatable bonds is 11. The first-order chi connectivity index (χ1) is 19.8. The van der Waals surface area contributed by atoms with Crippen LogP contribution in [-0.4, -0.2) is 66.3 Å². The summed E-state index contributed by atoms with van der Waals surface area (Å²) in [6.07, 6.45) is 0. The average molecular weight is 552 g/mol. The SMILES string of the molecule is CCN(CCN(C)C)c1cc(C(=O)Nc2ccccc2C(=O)Nc2ccccc2C(N)=O)nc(-c2ccccc2)n1. The van der Waals surface area contributed by atoms with E-state index < -0.39 is 17.7 Å². The zero-order valence-corrected chi connectivity index (χ0v) is 23.3. The van der Waals surface area contributed by atoms with Crippen LogP contribution in [0.5, 0.6) is 0 Å². The molecule has 3 amide bonds. The molecular weight excluding hydrogens is 518 g/mol. The predicted molar refractivity (Wildman–Crippen MR) is 161 cm³/mol. The van der Waals surface area contributed by atoms with Gasteiger partial charge in [-0.3, -0.25) is 14.4 Å². The van der Waals surface area contributed by atoms with Gasteiger partial charge in [0.2, 0.25) is 0 Å². The Morgan fingerprint density at radius 1 is 0.756 bits per heavy atom. The number of primary amides is 1. The summed E-state index contributed by atoms with van der Waals surface area (Å²) in [6, 6.07) is 24.2. The number of nitrogens with two attached hydrogens (primary N) is 1. The van der Waals surface area contributed by atoms with Gasteiger partial charge in [0, 0.05) is 31.3 Å². The fourth-order valence-corrected chi connectivity index (χ4v) is 4.16. The van der Waals surface area contributed by atoms with E-state index in [1.54, 1.807) is 48.5 Å². The van der Waals surface area contributed by atoms with Gasteiger partial charge in [0.25, 0.3) is 17.7 Å². The highest BCUT2D eigenvalue weighted by molar-refractivity contribution is 6.14. The van der Waals surface area contributed by atoms with Crippen molar-refractivity contribution in [2.24, 2.45) is 5.73 Å². The summed E-state index contributed by atoms with van der Waals surface area (Å²) >= 11 is 0. The summed E-state index contributed by atoms with van der Waals surface area (Å²) in [4.78, 5) is 52.1. The second-order valence-electron chi connectivity index (χ2n) is 9.55. The van der Waals surface area contributed by atoms with E-state index in [1.165, 1.54) is 6.07 Å². The Morgan fingerprint density at radius 2 is 1.34 bits per heavy atom. The Hall–Kier alpha value is -5.09. The first-order valence-corrected chi connectivity index (χ1v) is 13.2. The van der Waals surface area contributed by atoms with Crippen LogP contribution in [0.1, 0.15) is 38.1 Å². The molecule has 1 heterocycles. The third-order valence-electron chi connectivity index (χ3n) is 6.36. The highest BCUT2D eigenvalue weighted by Crippen LogP contribution is 2.23. The second-order valence-corrected chi connectivity index (χ2v) is 9.55. The molecule has 0 aliphatic heterocycles. The number of nitrogens with one attached hydrogen (secondary N) is 2. The fraction of sp³-hybridized carbons (Fsp3) is 0.194. The van der Waals surface area contributed by atoms with Crippen molar-refractivity contribution in [1.82, 2.24) is 14.9 Å². The predicted octanol–water partition coefficient (Wildman–Crippen LogP) is 4.14. The fourth-order valence-electron chi connectivity index (χ4n) is 4.16. The van der Waals surface area contributed by atoms with Gasteiger partial charge < -0.3 is 26.2 Å². The van der Waals surface area contributed by atoms with Gasteiger partial charge in [-0.15, -0.1) is 0 Å². The van der Waals surface area contributed by atoms with E-state index in [0.717, 1.165) is 12.1 Å². The van der Waals surface area contributed by atoms with Gasteiger partial charge in [-0.1, -0.05) is 54.6 Å². The number of anilines is 3. The smallest absolute Gasteiger partial charge is 0.274 e. The van der Waals surface area contributed by atoms with Gasteiger partial charge in [-0.25, -0.2) is 9.97 Å². The molecule has 4 N–H and O–H groups in total. The first kappa shape index (κ1) is 28.9. The normalized spacial score (nSPS) is 10.7. The summed E-state index contributed by atoms with van der Waals surface area (Å²) < 4.78 is 0. The number of aromatic nitrogens is 2. The van der Waals surface area contributed by atoms with Gasteiger partial charge in [0.1, 0.15) is 11.5 Å². The van der Waals surface area contributed by atoms with Crippen molar-refractivity contribution < 1.29 is 14.4 Å². The maximum absolute atomic E-state index is 13.6. The molecular formula is C31H33N7O3. The quantitative estimate of drug-likeness (QED) is 0.255. The lowest BCUT2D eigenvalue weighted by Gasteiger charge is -2.24. The van der Waals surface area contributed by atoms with Crippen LogP contribution in [0.15, 0.2) is 84.9 Å².